The molecule has 21 heavy (non-hydrogen) atoms. The molecule has 0 fully saturated rings. The van der Waals surface area contributed by atoms with Crippen molar-refractivity contribution in [3.8, 4) is 0 Å². The lowest BCUT2D eigenvalue weighted by molar-refractivity contribution is 0.596. The van der Waals surface area contributed by atoms with Crippen molar-refractivity contribution >= 4 is 26.6 Å². The van der Waals surface area contributed by atoms with Crippen LogP contribution in [-0.4, -0.2) is 23.6 Å². The number of sulfonamides is 1. The zero-order valence-electron chi connectivity index (χ0n) is 10.9. The first-order valence-corrected chi connectivity index (χ1v) is 7.68. The first-order valence-electron chi connectivity index (χ1n) is 6.20. The summed E-state index contributed by atoms with van der Waals surface area (Å²) in [6.07, 6.45) is 3.09. The Morgan fingerprint density at radius 1 is 1.29 bits per heavy atom. The second kappa shape index (κ2) is 5.15. The van der Waals surface area contributed by atoms with Gasteiger partial charge in [0.1, 0.15) is 0 Å². The molecule has 0 bridgehead atoms. The molecule has 0 spiro atoms. The summed E-state index contributed by atoms with van der Waals surface area (Å²) in [6, 6.07) is 8.79. The highest BCUT2D eigenvalue weighted by Crippen LogP contribution is 2.21. The Bertz CT molecular complexity index is 888. The van der Waals surface area contributed by atoms with Crippen LogP contribution in [0.1, 0.15) is 5.56 Å². The van der Waals surface area contributed by atoms with E-state index in [-0.39, 0.29) is 11.6 Å². The molecule has 2 aromatic heterocycles. The molecule has 0 atom stereocenters. The lowest BCUT2D eigenvalue weighted by Crippen LogP contribution is -2.16. The summed E-state index contributed by atoms with van der Waals surface area (Å²) < 4.78 is 27.2. The van der Waals surface area contributed by atoms with Crippen molar-refractivity contribution < 1.29 is 8.42 Å². The van der Waals surface area contributed by atoms with Crippen LogP contribution in [0.15, 0.2) is 47.8 Å². The molecular weight excluding hydrogens is 290 g/mol. The minimum absolute atomic E-state index is 0.0173. The minimum Gasteiger partial charge on any atom is -0.326 e. The largest absolute Gasteiger partial charge is 0.326 e. The Morgan fingerprint density at radius 2 is 2.14 bits per heavy atom. The number of nitrogens with zero attached hydrogens (tertiary/aromatic N) is 2. The number of aromatic amines is 1. The van der Waals surface area contributed by atoms with Crippen molar-refractivity contribution in [2.45, 2.75) is 11.6 Å². The topological polar surface area (TPSA) is 114 Å². The Hall–Kier alpha value is -2.45. The van der Waals surface area contributed by atoms with E-state index in [1.807, 2.05) is 6.07 Å². The smallest absolute Gasteiger partial charge is 0.279 e. The standard InChI is InChI=1S/C13H13N5O2S/c14-7-10-8-16-17-13(10)21(19,20)18-11-3-4-12-9(6-11)2-1-5-15-12/h1-6,8,18H,7,14H2,(H,16,17). The van der Waals surface area contributed by atoms with Crippen molar-refractivity contribution in [3.63, 3.8) is 0 Å². The van der Waals surface area contributed by atoms with Crippen LogP contribution in [0.3, 0.4) is 0 Å². The summed E-state index contributed by atoms with van der Waals surface area (Å²) in [5, 5.41) is 7.01. The monoisotopic (exact) mass is 303 g/mol. The average molecular weight is 303 g/mol. The Labute approximate surface area is 121 Å². The minimum atomic E-state index is -3.75. The van der Waals surface area contributed by atoms with E-state index >= 15 is 0 Å². The zero-order valence-corrected chi connectivity index (χ0v) is 11.8. The van der Waals surface area contributed by atoms with Gasteiger partial charge < -0.3 is 5.73 Å². The molecule has 0 radical (unpaired) electrons. The molecule has 0 aliphatic carbocycles. The maximum absolute atomic E-state index is 12.3. The number of hydrogen-bond donors (Lipinski definition) is 3. The molecule has 0 aliphatic heterocycles. The molecule has 2 heterocycles. The van der Waals surface area contributed by atoms with Gasteiger partial charge in [-0.15, -0.1) is 0 Å². The lowest BCUT2D eigenvalue weighted by atomic mass is 10.2. The van der Waals surface area contributed by atoms with Gasteiger partial charge in [0, 0.05) is 29.4 Å². The summed E-state index contributed by atoms with van der Waals surface area (Å²) >= 11 is 0. The molecule has 8 heteroatoms. The van der Waals surface area contributed by atoms with E-state index in [1.54, 1.807) is 30.5 Å². The van der Waals surface area contributed by atoms with Crippen LogP contribution >= 0.6 is 0 Å². The molecule has 0 unspecified atom stereocenters. The molecular formula is C13H13N5O2S. The molecule has 108 valence electrons. The second-order valence-electron chi connectivity index (χ2n) is 4.44. The number of nitrogens with one attached hydrogen (secondary N) is 2. The van der Waals surface area contributed by atoms with Crippen LogP contribution in [0.25, 0.3) is 10.9 Å². The summed E-state index contributed by atoms with van der Waals surface area (Å²) in [4.78, 5) is 4.19. The number of anilines is 1. The van der Waals surface area contributed by atoms with Gasteiger partial charge in [-0.2, -0.15) is 13.5 Å². The van der Waals surface area contributed by atoms with Crippen molar-refractivity contribution in [2.75, 3.05) is 4.72 Å². The molecule has 0 saturated carbocycles. The fourth-order valence-corrected chi connectivity index (χ4v) is 3.22. The fraction of sp³-hybridized carbons (Fsp3) is 0.0769. The van der Waals surface area contributed by atoms with Gasteiger partial charge >= 0.3 is 0 Å². The number of benzene rings is 1. The van der Waals surface area contributed by atoms with Crippen LogP contribution < -0.4 is 10.5 Å². The number of rotatable bonds is 4. The van der Waals surface area contributed by atoms with E-state index in [1.165, 1.54) is 6.20 Å². The van der Waals surface area contributed by atoms with Gasteiger partial charge in [0.25, 0.3) is 10.0 Å². The second-order valence-corrected chi connectivity index (χ2v) is 6.06. The molecule has 0 saturated heterocycles. The molecule has 7 nitrogen and oxygen atoms in total. The number of nitrogens with two attached hydrogens (primary N) is 1. The van der Waals surface area contributed by atoms with Crippen molar-refractivity contribution in [1.82, 2.24) is 15.2 Å². The van der Waals surface area contributed by atoms with E-state index < -0.39 is 10.0 Å². The Morgan fingerprint density at radius 3 is 2.95 bits per heavy atom. The molecule has 3 aromatic rings. The van der Waals surface area contributed by atoms with Crippen LogP contribution in [0.2, 0.25) is 0 Å². The molecule has 1 aromatic carbocycles. The van der Waals surface area contributed by atoms with E-state index in [9.17, 15) is 8.42 Å². The van der Waals surface area contributed by atoms with Gasteiger partial charge in [-0.25, -0.2) is 0 Å². The van der Waals surface area contributed by atoms with Gasteiger partial charge in [-0.1, -0.05) is 6.07 Å². The molecule has 3 rings (SSSR count). The predicted molar refractivity (Wildman–Crippen MR) is 79.0 cm³/mol. The van der Waals surface area contributed by atoms with Gasteiger partial charge in [-0.05, 0) is 24.3 Å². The summed E-state index contributed by atoms with van der Waals surface area (Å²) in [5.74, 6) is 0. The highest BCUT2D eigenvalue weighted by atomic mass is 32.2. The third kappa shape index (κ3) is 2.58. The number of pyridine rings is 1. The normalized spacial score (nSPS) is 11.7. The highest BCUT2D eigenvalue weighted by Gasteiger charge is 2.20. The average Bonchev–Trinajstić information content (AvgIpc) is 2.96. The van der Waals surface area contributed by atoms with E-state index in [2.05, 4.69) is 19.9 Å². The Balaban J connectivity index is 1.97. The maximum Gasteiger partial charge on any atom is 0.279 e. The summed E-state index contributed by atoms with van der Waals surface area (Å²) in [5.41, 5.74) is 7.18. The maximum atomic E-state index is 12.3. The van der Waals surface area contributed by atoms with Crippen molar-refractivity contribution in [1.29, 1.82) is 0 Å². The number of H-pyrrole nitrogens is 1. The quantitative estimate of drug-likeness (QED) is 0.670. The predicted octanol–water partition coefficient (Wildman–Crippen LogP) is 1.22. The van der Waals surface area contributed by atoms with E-state index in [0.717, 1.165) is 10.9 Å². The lowest BCUT2D eigenvalue weighted by Gasteiger charge is -2.08. The van der Waals surface area contributed by atoms with Crippen LogP contribution in [0.5, 0.6) is 0 Å². The van der Waals surface area contributed by atoms with Crippen LogP contribution in [-0.2, 0) is 16.6 Å². The Kier molecular flexibility index (Phi) is 3.32. The SMILES string of the molecule is NCc1cn[nH]c1S(=O)(=O)Nc1ccc2ncccc2c1. The van der Waals surface area contributed by atoms with E-state index in [0.29, 0.717) is 11.3 Å². The summed E-state index contributed by atoms with van der Waals surface area (Å²) in [6.45, 7) is 0.0917. The van der Waals surface area contributed by atoms with Crippen LogP contribution in [0, 0.1) is 0 Å². The number of fused-ring (bicyclic) bond motifs is 1. The van der Waals surface area contributed by atoms with Gasteiger partial charge in [0.05, 0.1) is 11.7 Å². The number of hydrogen-bond acceptors (Lipinski definition) is 5. The number of aromatic nitrogens is 3. The van der Waals surface area contributed by atoms with Gasteiger partial charge in [0.2, 0.25) is 0 Å². The third-order valence-electron chi connectivity index (χ3n) is 3.02. The van der Waals surface area contributed by atoms with Crippen molar-refractivity contribution in [2.24, 2.45) is 5.73 Å². The first-order chi connectivity index (χ1) is 10.1. The highest BCUT2D eigenvalue weighted by molar-refractivity contribution is 7.92. The first kappa shape index (κ1) is 13.5. The fourth-order valence-electron chi connectivity index (χ4n) is 2.02. The van der Waals surface area contributed by atoms with Gasteiger partial charge in [-0.3, -0.25) is 14.8 Å². The summed E-state index contributed by atoms with van der Waals surface area (Å²) in [7, 11) is -3.75. The van der Waals surface area contributed by atoms with Crippen LogP contribution in [0.4, 0.5) is 5.69 Å². The molecule has 4 N–H and O–H groups in total. The molecule has 0 amide bonds. The molecule has 0 aliphatic rings. The van der Waals surface area contributed by atoms with E-state index in [4.69, 9.17) is 5.73 Å². The third-order valence-corrected chi connectivity index (χ3v) is 4.42. The van der Waals surface area contributed by atoms with Crippen molar-refractivity contribution in [3.05, 3.63) is 48.3 Å². The zero-order chi connectivity index (χ0) is 14.9. The van der Waals surface area contributed by atoms with Gasteiger partial charge in [0.15, 0.2) is 5.03 Å².